The largest absolute Gasteiger partial charge is 0.465 e. The van der Waals surface area contributed by atoms with Gasteiger partial charge in [-0.3, -0.25) is 4.99 Å². The van der Waals surface area contributed by atoms with E-state index >= 15 is 0 Å². The Morgan fingerprint density at radius 1 is 1.15 bits per heavy atom. The number of hydrogen-bond acceptors (Lipinski definition) is 4. The van der Waals surface area contributed by atoms with Crippen LogP contribution in [0.5, 0.6) is 0 Å². The van der Waals surface area contributed by atoms with E-state index in [4.69, 9.17) is 9.15 Å². The SMILES string of the molecule is COC(=O)c1cccc(N=Cc2ccc(-c3ccc(C)cc3Br)o2)c1C. The van der Waals surface area contributed by atoms with Crippen molar-refractivity contribution in [1.82, 2.24) is 0 Å². The van der Waals surface area contributed by atoms with Crippen LogP contribution in [0, 0.1) is 13.8 Å². The molecule has 0 atom stereocenters. The molecule has 1 heterocycles. The molecule has 0 aliphatic rings. The Hall–Kier alpha value is -2.66. The van der Waals surface area contributed by atoms with Gasteiger partial charge < -0.3 is 9.15 Å². The molecule has 0 spiro atoms. The van der Waals surface area contributed by atoms with Crippen molar-refractivity contribution in [2.45, 2.75) is 13.8 Å². The predicted molar refractivity (Wildman–Crippen MR) is 106 cm³/mol. The first-order valence-corrected chi connectivity index (χ1v) is 8.87. The van der Waals surface area contributed by atoms with Gasteiger partial charge in [-0.15, -0.1) is 0 Å². The maximum Gasteiger partial charge on any atom is 0.338 e. The second-order valence-electron chi connectivity index (χ2n) is 5.88. The van der Waals surface area contributed by atoms with Gasteiger partial charge in [-0.1, -0.05) is 28.1 Å². The Morgan fingerprint density at radius 2 is 1.96 bits per heavy atom. The molecule has 0 bridgehead atoms. The minimum atomic E-state index is -0.371. The monoisotopic (exact) mass is 411 g/mol. The molecule has 0 unspecified atom stereocenters. The molecule has 0 N–H and O–H groups in total. The molecule has 0 saturated heterocycles. The minimum Gasteiger partial charge on any atom is -0.465 e. The van der Waals surface area contributed by atoms with E-state index in [-0.39, 0.29) is 5.97 Å². The standard InChI is InChI=1S/C21H18BrNO3/c1-13-7-9-17(18(22)11-13)20-10-8-15(26-20)12-23-19-6-4-5-16(14(19)2)21(24)25-3/h4-12H,1-3H3. The summed E-state index contributed by atoms with van der Waals surface area (Å²) in [5, 5.41) is 0. The quantitative estimate of drug-likeness (QED) is 0.398. The molecule has 5 heteroatoms. The molecular weight excluding hydrogens is 394 g/mol. The Balaban J connectivity index is 1.87. The van der Waals surface area contributed by atoms with Crippen molar-refractivity contribution >= 4 is 33.8 Å². The maximum absolute atomic E-state index is 11.8. The van der Waals surface area contributed by atoms with Gasteiger partial charge in [-0.05, 0) is 61.4 Å². The van der Waals surface area contributed by atoms with E-state index in [1.807, 2.05) is 50.2 Å². The number of methoxy groups -OCH3 is 1. The molecule has 2 aromatic carbocycles. The van der Waals surface area contributed by atoms with Crippen molar-refractivity contribution in [1.29, 1.82) is 0 Å². The van der Waals surface area contributed by atoms with E-state index < -0.39 is 0 Å². The van der Waals surface area contributed by atoms with Crippen LogP contribution >= 0.6 is 15.9 Å². The molecule has 1 aromatic heterocycles. The van der Waals surface area contributed by atoms with Crippen LogP contribution in [0.3, 0.4) is 0 Å². The third kappa shape index (κ3) is 3.78. The summed E-state index contributed by atoms with van der Waals surface area (Å²) in [4.78, 5) is 16.2. The first-order valence-electron chi connectivity index (χ1n) is 8.08. The third-order valence-electron chi connectivity index (χ3n) is 4.06. The van der Waals surface area contributed by atoms with Crippen LogP contribution in [0.25, 0.3) is 11.3 Å². The first-order chi connectivity index (χ1) is 12.5. The van der Waals surface area contributed by atoms with E-state index in [0.717, 1.165) is 21.4 Å². The number of aryl methyl sites for hydroxylation is 1. The van der Waals surface area contributed by atoms with Crippen LogP contribution in [0.2, 0.25) is 0 Å². The Morgan fingerprint density at radius 3 is 2.69 bits per heavy atom. The Bertz CT molecular complexity index is 989. The summed E-state index contributed by atoms with van der Waals surface area (Å²) in [7, 11) is 1.37. The smallest absolute Gasteiger partial charge is 0.338 e. The zero-order valence-electron chi connectivity index (χ0n) is 14.7. The van der Waals surface area contributed by atoms with Gasteiger partial charge >= 0.3 is 5.97 Å². The Labute approximate surface area is 160 Å². The first kappa shape index (κ1) is 18.1. The minimum absolute atomic E-state index is 0.371. The number of benzene rings is 2. The summed E-state index contributed by atoms with van der Waals surface area (Å²) in [6.07, 6.45) is 1.65. The zero-order valence-corrected chi connectivity index (χ0v) is 16.3. The molecule has 3 rings (SSSR count). The summed E-state index contributed by atoms with van der Waals surface area (Å²) < 4.78 is 11.7. The number of rotatable bonds is 4. The molecule has 0 radical (unpaired) electrons. The van der Waals surface area contributed by atoms with Gasteiger partial charge in [0.05, 0.1) is 24.6 Å². The van der Waals surface area contributed by atoms with Crippen LogP contribution in [-0.4, -0.2) is 19.3 Å². The lowest BCUT2D eigenvalue weighted by Gasteiger charge is -2.05. The van der Waals surface area contributed by atoms with Crippen LogP contribution in [0.1, 0.15) is 27.2 Å². The summed E-state index contributed by atoms with van der Waals surface area (Å²) in [5.41, 5.74) is 4.13. The highest BCUT2D eigenvalue weighted by atomic mass is 79.9. The number of nitrogens with zero attached hydrogens (tertiary/aromatic N) is 1. The number of ether oxygens (including phenoxy) is 1. The lowest BCUT2D eigenvalue weighted by Crippen LogP contribution is -2.03. The lowest BCUT2D eigenvalue weighted by atomic mass is 10.1. The summed E-state index contributed by atoms with van der Waals surface area (Å²) in [6.45, 7) is 3.88. The third-order valence-corrected chi connectivity index (χ3v) is 4.71. The molecule has 0 aliphatic heterocycles. The second kappa shape index (κ2) is 7.70. The fourth-order valence-corrected chi connectivity index (χ4v) is 3.30. The lowest BCUT2D eigenvalue weighted by molar-refractivity contribution is 0.0600. The van der Waals surface area contributed by atoms with E-state index in [0.29, 0.717) is 17.0 Å². The predicted octanol–water partition coefficient (Wildman–Crippen LogP) is 5.86. The van der Waals surface area contributed by atoms with Crippen LogP contribution in [0.15, 0.2) is 62.4 Å². The molecular formula is C21H18BrNO3. The van der Waals surface area contributed by atoms with Crippen molar-refractivity contribution in [3.05, 3.63) is 75.5 Å². The number of esters is 1. The molecule has 0 fully saturated rings. The van der Waals surface area contributed by atoms with Crippen molar-refractivity contribution < 1.29 is 13.9 Å². The number of aliphatic imine (C=N–C) groups is 1. The van der Waals surface area contributed by atoms with Gasteiger partial charge in [0.15, 0.2) is 0 Å². The molecule has 26 heavy (non-hydrogen) atoms. The van der Waals surface area contributed by atoms with Crippen LogP contribution in [0.4, 0.5) is 5.69 Å². The zero-order chi connectivity index (χ0) is 18.7. The molecule has 0 aliphatic carbocycles. The average Bonchev–Trinajstić information content (AvgIpc) is 3.09. The fourth-order valence-electron chi connectivity index (χ4n) is 2.61. The highest BCUT2D eigenvalue weighted by Gasteiger charge is 2.11. The molecule has 0 amide bonds. The summed E-state index contributed by atoms with van der Waals surface area (Å²) in [5.74, 6) is 1.03. The van der Waals surface area contributed by atoms with Gasteiger partial charge in [0.25, 0.3) is 0 Å². The summed E-state index contributed by atoms with van der Waals surface area (Å²) in [6, 6.07) is 15.2. The average molecular weight is 412 g/mol. The molecule has 4 nitrogen and oxygen atoms in total. The highest BCUT2D eigenvalue weighted by molar-refractivity contribution is 9.10. The van der Waals surface area contributed by atoms with Crippen LogP contribution in [-0.2, 0) is 4.74 Å². The molecule has 0 saturated carbocycles. The fraction of sp³-hybridized carbons (Fsp3) is 0.143. The summed E-state index contributed by atoms with van der Waals surface area (Å²) >= 11 is 3.57. The van der Waals surface area contributed by atoms with Crippen molar-refractivity contribution in [3.63, 3.8) is 0 Å². The van der Waals surface area contributed by atoms with Crippen LogP contribution < -0.4 is 0 Å². The number of carbonyl (C=O) groups is 1. The number of furan rings is 1. The second-order valence-corrected chi connectivity index (χ2v) is 6.74. The van der Waals surface area contributed by atoms with E-state index in [1.165, 1.54) is 12.7 Å². The van der Waals surface area contributed by atoms with E-state index in [2.05, 4.69) is 20.9 Å². The van der Waals surface area contributed by atoms with Crippen molar-refractivity contribution in [2.75, 3.05) is 7.11 Å². The van der Waals surface area contributed by atoms with Crippen molar-refractivity contribution in [3.8, 4) is 11.3 Å². The van der Waals surface area contributed by atoms with Gasteiger partial charge in [0.2, 0.25) is 0 Å². The maximum atomic E-state index is 11.8. The number of halogens is 1. The topological polar surface area (TPSA) is 51.8 Å². The molecule has 132 valence electrons. The number of hydrogen-bond donors (Lipinski definition) is 0. The van der Waals surface area contributed by atoms with Gasteiger partial charge in [0, 0.05) is 10.0 Å². The van der Waals surface area contributed by atoms with Gasteiger partial charge in [-0.2, -0.15) is 0 Å². The number of carbonyl (C=O) groups excluding carboxylic acids is 1. The van der Waals surface area contributed by atoms with Gasteiger partial charge in [0.1, 0.15) is 11.5 Å². The highest BCUT2D eigenvalue weighted by Crippen LogP contribution is 2.30. The van der Waals surface area contributed by atoms with E-state index in [9.17, 15) is 4.79 Å². The van der Waals surface area contributed by atoms with Crippen molar-refractivity contribution in [2.24, 2.45) is 4.99 Å². The normalized spacial score (nSPS) is 11.1. The van der Waals surface area contributed by atoms with E-state index in [1.54, 1.807) is 18.3 Å². The van der Waals surface area contributed by atoms with Gasteiger partial charge in [-0.25, -0.2) is 4.79 Å². The molecule has 3 aromatic rings. The Kier molecular flexibility index (Phi) is 5.38.